The van der Waals surface area contributed by atoms with Crippen LogP contribution >= 0.6 is 0 Å². The average Bonchev–Trinajstić information content (AvgIpc) is 2.48. The largest absolute Gasteiger partial charge is 0.480 e. The van der Waals surface area contributed by atoms with Crippen LogP contribution in [0.1, 0.15) is 22.9 Å². The van der Waals surface area contributed by atoms with Gasteiger partial charge in [-0.25, -0.2) is 0 Å². The molecule has 3 N–H and O–H groups in total. The van der Waals surface area contributed by atoms with E-state index in [1.165, 1.54) is 0 Å². The molecule has 0 bridgehead atoms. The highest BCUT2D eigenvalue weighted by Gasteiger charge is 2.27. The lowest BCUT2D eigenvalue weighted by molar-refractivity contribution is -0.139. The molecule has 1 atom stereocenters. The number of aryl methyl sites for hydroxylation is 1. The molecule has 1 aliphatic heterocycles. The Hall–Kier alpha value is -1.29. The normalized spacial score (nSPS) is 21.2. The Balaban J connectivity index is 2.46. The Labute approximate surface area is 76.0 Å². The van der Waals surface area contributed by atoms with Crippen molar-refractivity contribution in [2.75, 3.05) is 6.54 Å². The fraction of sp³-hybridized carbons (Fsp3) is 0.444. The van der Waals surface area contributed by atoms with Gasteiger partial charge >= 0.3 is 5.97 Å². The summed E-state index contributed by atoms with van der Waals surface area (Å²) in [5.41, 5.74) is 3.00. The molecule has 0 radical (unpaired) electrons. The minimum Gasteiger partial charge on any atom is -0.480 e. The van der Waals surface area contributed by atoms with Crippen molar-refractivity contribution in [2.24, 2.45) is 0 Å². The molecule has 1 aliphatic rings. The molecule has 2 rings (SSSR count). The number of rotatable bonds is 1. The number of aromatic amines is 1. The molecule has 1 aromatic rings. The molecule has 0 amide bonds. The molecule has 0 saturated heterocycles. The maximum absolute atomic E-state index is 10.9. The molecular weight excluding hydrogens is 168 g/mol. The predicted molar refractivity (Wildman–Crippen MR) is 47.6 cm³/mol. The number of nitrogens with one attached hydrogen (secondary N) is 2. The lowest BCUT2D eigenvalue weighted by Crippen LogP contribution is -2.34. The van der Waals surface area contributed by atoms with Crippen LogP contribution in [0.15, 0.2) is 6.20 Å². The van der Waals surface area contributed by atoms with E-state index in [1.54, 1.807) is 0 Å². The Kier molecular flexibility index (Phi) is 1.84. The Morgan fingerprint density at radius 3 is 3.15 bits per heavy atom. The van der Waals surface area contributed by atoms with Crippen LogP contribution in [-0.4, -0.2) is 22.6 Å². The number of aliphatic carboxylic acids is 1. The number of hydrogen-bond donors (Lipinski definition) is 3. The van der Waals surface area contributed by atoms with E-state index in [9.17, 15) is 4.79 Å². The van der Waals surface area contributed by atoms with Crippen LogP contribution in [0.25, 0.3) is 0 Å². The van der Waals surface area contributed by atoms with Gasteiger partial charge in [-0.3, -0.25) is 4.79 Å². The number of carbonyl (C=O) groups is 1. The van der Waals surface area contributed by atoms with Crippen LogP contribution < -0.4 is 5.32 Å². The van der Waals surface area contributed by atoms with E-state index in [-0.39, 0.29) is 0 Å². The summed E-state index contributed by atoms with van der Waals surface area (Å²) in [6, 6.07) is -0.532. The molecule has 4 heteroatoms. The standard InChI is InChI=1S/C9H12N2O2/c1-5-7-6(4-11-5)2-3-10-8(7)9(12)13/h4,8,10-11H,2-3H2,1H3,(H,12,13). The van der Waals surface area contributed by atoms with Gasteiger partial charge in [0.1, 0.15) is 6.04 Å². The molecule has 0 fully saturated rings. The molecule has 70 valence electrons. The summed E-state index contributed by atoms with van der Waals surface area (Å²) in [6.07, 6.45) is 2.81. The molecule has 0 saturated carbocycles. The quantitative estimate of drug-likeness (QED) is 0.592. The predicted octanol–water partition coefficient (Wildman–Crippen LogP) is 0.595. The van der Waals surface area contributed by atoms with Gasteiger partial charge in [0.05, 0.1) is 0 Å². The van der Waals surface area contributed by atoms with E-state index in [0.29, 0.717) is 0 Å². The van der Waals surface area contributed by atoms with Crippen LogP contribution in [0.2, 0.25) is 0 Å². The van der Waals surface area contributed by atoms with E-state index >= 15 is 0 Å². The minimum atomic E-state index is -0.802. The monoisotopic (exact) mass is 180 g/mol. The smallest absolute Gasteiger partial charge is 0.325 e. The lowest BCUT2D eigenvalue weighted by Gasteiger charge is -2.21. The van der Waals surface area contributed by atoms with Gasteiger partial charge < -0.3 is 15.4 Å². The first kappa shape index (κ1) is 8.31. The van der Waals surface area contributed by atoms with Crippen LogP contribution in [0.4, 0.5) is 0 Å². The van der Waals surface area contributed by atoms with Crippen LogP contribution in [0, 0.1) is 6.92 Å². The van der Waals surface area contributed by atoms with Gasteiger partial charge in [0.25, 0.3) is 0 Å². The Morgan fingerprint density at radius 1 is 1.69 bits per heavy atom. The first-order chi connectivity index (χ1) is 6.20. The molecule has 4 nitrogen and oxygen atoms in total. The van der Waals surface area contributed by atoms with Crippen LogP contribution in [0.5, 0.6) is 0 Å². The zero-order valence-electron chi connectivity index (χ0n) is 7.42. The van der Waals surface area contributed by atoms with Crippen molar-refractivity contribution >= 4 is 5.97 Å². The highest BCUT2D eigenvalue weighted by molar-refractivity contribution is 5.77. The summed E-state index contributed by atoms with van der Waals surface area (Å²) in [6.45, 7) is 2.64. The average molecular weight is 180 g/mol. The molecular formula is C9H12N2O2. The maximum Gasteiger partial charge on any atom is 0.325 e. The summed E-state index contributed by atoms with van der Waals surface area (Å²) in [5.74, 6) is -0.802. The van der Waals surface area contributed by atoms with E-state index < -0.39 is 12.0 Å². The summed E-state index contributed by atoms with van der Waals surface area (Å²) < 4.78 is 0. The third kappa shape index (κ3) is 1.23. The van der Waals surface area contributed by atoms with Crippen molar-refractivity contribution in [3.8, 4) is 0 Å². The second-order valence-electron chi connectivity index (χ2n) is 3.33. The van der Waals surface area contributed by atoms with E-state index in [1.807, 2.05) is 13.1 Å². The van der Waals surface area contributed by atoms with Crippen LogP contribution in [-0.2, 0) is 11.2 Å². The van der Waals surface area contributed by atoms with Gasteiger partial charge in [0.15, 0.2) is 0 Å². The van der Waals surface area contributed by atoms with Gasteiger partial charge in [-0.15, -0.1) is 0 Å². The van der Waals surface area contributed by atoms with Crippen molar-refractivity contribution in [1.82, 2.24) is 10.3 Å². The molecule has 13 heavy (non-hydrogen) atoms. The van der Waals surface area contributed by atoms with Gasteiger partial charge in [0, 0.05) is 24.0 Å². The van der Waals surface area contributed by atoms with Crippen LogP contribution in [0.3, 0.4) is 0 Å². The van der Waals surface area contributed by atoms with Gasteiger partial charge in [-0.1, -0.05) is 0 Å². The maximum atomic E-state index is 10.9. The van der Waals surface area contributed by atoms with Crippen molar-refractivity contribution in [2.45, 2.75) is 19.4 Å². The van der Waals surface area contributed by atoms with Gasteiger partial charge in [-0.2, -0.15) is 0 Å². The Morgan fingerprint density at radius 2 is 2.46 bits per heavy atom. The SMILES string of the molecule is Cc1[nH]cc2c1C(C(=O)O)NCC2. The van der Waals surface area contributed by atoms with Crippen molar-refractivity contribution in [3.05, 3.63) is 23.0 Å². The molecule has 1 aromatic heterocycles. The number of carboxylic acids is 1. The number of carboxylic acid groups (broad SMARTS) is 1. The van der Waals surface area contributed by atoms with Gasteiger partial charge in [0.2, 0.25) is 0 Å². The lowest BCUT2D eigenvalue weighted by atomic mass is 9.97. The zero-order valence-corrected chi connectivity index (χ0v) is 7.42. The third-order valence-electron chi connectivity index (χ3n) is 2.49. The number of hydrogen-bond acceptors (Lipinski definition) is 2. The van der Waals surface area contributed by atoms with Crippen molar-refractivity contribution in [1.29, 1.82) is 0 Å². The first-order valence-corrected chi connectivity index (χ1v) is 4.33. The summed E-state index contributed by atoms with van der Waals surface area (Å²) in [4.78, 5) is 14.0. The Bertz CT molecular complexity index is 343. The highest BCUT2D eigenvalue weighted by Crippen LogP contribution is 2.25. The number of H-pyrrole nitrogens is 1. The minimum absolute atomic E-state index is 0.532. The fourth-order valence-corrected chi connectivity index (χ4v) is 1.86. The molecule has 0 spiro atoms. The molecule has 1 unspecified atom stereocenters. The second-order valence-corrected chi connectivity index (χ2v) is 3.33. The van der Waals surface area contributed by atoms with E-state index in [2.05, 4.69) is 10.3 Å². The molecule has 2 heterocycles. The first-order valence-electron chi connectivity index (χ1n) is 4.33. The van der Waals surface area contributed by atoms with E-state index in [0.717, 1.165) is 29.8 Å². The third-order valence-corrected chi connectivity index (χ3v) is 2.49. The van der Waals surface area contributed by atoms with E-state index in [4.69, 9.17) is 5.11 Å². The highest BCUT2D eigenvalue weighted by atomic mass is 16.4. The number of fused-ring (bicyclic) bond motifs is 1. The summed E-state index contributed by atoms with van der Waals surface area (Å²) >= 11 is 0. The topological polar surface area (TPSA) is 65.1 Å². The number of aromatic nitrogens is 1. The van der Waals surface area contributed by atoms with Gasteiger partial charge in [-0.05, 0) is 18.9 Å². The fourth-order valence-electron chi connectivity index (χ4n) is 1.86. The van der Waals surface area contributed by atoms with Crippen molar-refractivity contribution in [3.63, 3.8) is 0 Å². The summed E-state index contributed by atoms with van der Waals surface area (Å²) in [7, 11) is 0. The zero-order chi connectivity index (χ0) is 9.42. The van der Waals surface area contributed by atoms with Crippen molar-refractivity contribution < 1.29 is 9.90 Å². The summed E-state index contributed by atoms with van der Waals surface area (Å²) in [5, 5.41) is 11.9. The second kappa shape index (κ2) is 2.88. The molecule has 0 aliphatic carbocycles. The molecule has 0 aromatic carbocycles.